The fraction of sp³-hybridized carbons (Fsp3) is 0.368. The average Bonchev–Trinajstić information content (AvgIpc) is 3.07. The summed E-state index contributed by atoms with van der Waals surface area (Å²) >= 11 is 0. The molecule has 0 amide bonds. The number of fused-ring (bicyclic) bond motifs is 1. The van der Waals surface area contributed by atoms with Crippen molar-refractivity contribution in [3.05, 3.63) is 47.8 Å². The third-order valence-electron chi connectivity index (χ3n) is 5.12. The van der Waals surface area contributed by atoms with Crippen molar-refractivity contribution in [1.82, 2.24) is 14.6 Å². The molecule has 1 aliphatic rings. The summed E-state index contributed by atoms with van der Waals surface area (Å²) in [6, 6.07) is 10.2. The molecule has 1 aliphatic carbocycles. The molecule has 7 nitrogen and oxygen atoms in total. The van der Waals surface area contributed by atoms with Crippen LogP contribution < -0.4 is 22.5 Å². The maximum atomic E-state index is 6.03. The number of anilines is 3. The van der Waals surface area contributed by atoms with Crippen LogP contribution in [0.2, 0.25) is 0 Å². The Morgan fingerprint density at radius 3 is 2.54 bits per heavy atom. The molecule has 26 heavy (non-hydrogen) atoms. The van der Waals surface area contributed by atoms with Crippen LogP contribution in [0.1, 0.15) is 42.9 Å². The molecular weight excluding hydrogens is 326 g/mol. The predicted molar refractivity (Wildman–Crippen MR) is 104 cm³/mol. The molecule has 0 atom stereocenters. The van der Waals surface area contributed by atoms with Crippen molar-refractivity contribution in [2.75, 3.05) is 11.1 Å². The van der Waals surface area contributed by atoms with E-state index in [-0.39, 0.29) is 0 Å². The Morgan fingerprint density at radius 1 is 1.12 bits per heavy atom. The van der Waals surface area contributed by atoms with Gasteiger partial charge in [-0.2, -0.15) is 0 Å². The van der Waals surface area contributed by atoms with Crippen molar-refractivity contribution in [2.24, 2.45) is 11.5 Å². The van der Waals surface area contributed by atoms with E-state index in [4.69, 9.17) is 22.2 Å². The first-order valence-electron chi connectivity index (χ1n) is 9.10. The van der Waals surface area contributed by atoms with Crippen molar-refractivity contribution in [3.63, 3.8) is 0 Å². The zero-order valence-corrected chi connectivity index (χ0v) is 14.7. The molecule has 0 aliphatic heterocycles. The van der Waals surface area contributed by atoms with Gasteiger partial charge in [0.2, 0.25) is 0 Å². The number of aromatic nitrogens is 3. The Hall–Kier alpha value is -2.64. The molecule has 0 unspecified atom stereocenters. The van der Waals surface area contributed by atoms with Crippen LogP contribution in [-0.2, 0) is 6.54 Å². The Balaban J connectivity index is 1.65. The minimum atomic E-state index is 0.325. The van der Waals surface area contributed by atoms with Crippen molar-refractivity contribution in [2.45, 2.75) is 44.2 Å². The second-order valence-corrected chi connectivity index (χ2v) is 7.05. The lowest BCUT2D eigenvalue weighted by Crippen LogP contribution is -2.25. The molecule has 1 saturated carbocycles. The van der Waals surface area contributed by atoms with Gasteiger partial charge in [-0.15, -0.1) is 5.10 Å². The molecular formula is C19H25N7. The Morgan fingerprint density at radius 2 is 1.85 bits per heavy atom. The topological polar surface area (TPSA) is 120 Å². The first-order chi connectivity index (χ1) is 12.6. The quantitative estimate of drug-likeness (QED) is 0.573. The summed E-state index contributed by atoms with van der Waals surface area (Å²) < 4.78 is 1.77. The zero-order valence-electron chi connectivity index (χ0n) is 14.7. The molecule has 3 aromatic rings. The van der Waals surface area contributed by atoms with Crippen molar-refractivity contribution in [3.8, 4) is 0 Å². The SMILES string of the molecule is NCc1ccc(Nc2cc(N)nn3cc(C4CCC(N)CC4)nc23)cc1. The van der Waals surface area contributed by atoms with Gasteiger partial charge in [0.25, 0.3) is 0 Å². The molecule has 1 aromatic carbocycles. The molecule has 0 spiro atoms. The van der Waals surface area contributed by atoms with E-state index in [1.807, 2.05) is 36.5 Å². The summed E-state index contributed by atoms with van der Waals surface area (Å²) in [7, 11) is 0. The molecule has 7 heteroatoms. The van der Waals surface area contributed by atoms with Crippen LogP contribution in [-0.4, -0.2) is 20.6 Å². The number of nitrogens with two attached hydrogens (primary N) is 3. The van der Waals surface area contributed by atoms with E-state index in [0.717, 1.165) is 54.0 Å². The largest absolute Gasteiger partial charge is 0.382 e. The molecule has 1 fully saturated rings. The van der Waals surface area contributed by atoms with Crippen LogP contribution in [0.3, 0.4) is 0 Å². The van der Waals surface area contributed by atoms with Gasteiger partial charge in [0.05, 0.1) is 17.6 Å². The highest BCUT2D eigenvalue weighted by Crippen LogP contribution is 2.33. The first-order valence-corrected chi connectivity index (χ1v) is 9.10. The summed E-state index contributed by atoms with van der Waals surface area (Å²) in [5, 5.41) is 7.78. The second kappa shape index (κ2) is 6.93. The molecule has 0 bridgehead atoms. The van der Waals surface area contributed by atoms with Gasteiger partial charge < -0.3 is 22.5 Å². The minimum absolute atomic E-state index is 0.325. The summed E-state index contributed by atoms with van der Waals surface area (Å²) in [6.07, 6.45) is 6.24. The zero-order chi connectivity index (χ0) is 18.1. The highest BCUT2D eigenvalue weighted by molar-refractivity contribution is 5.75. The first kappa shape index (κ1) is 16.8. The van der Waals surface area contributed by atoms with Gasteiger partial charge >= 0.3 is 0 Å². The normalized spacial score (nSPS) is 20.4. The third kappa shape index (κ3) is 3.36. The summed E-state index contributed by atoms with van der Waals surface area (Å²) in [5.74, 6) is 0.891. The smallest absolute Gasteiger partial charge is 0.177 e. The number of nitrogens with zero attached hydrogens (tertiary/aromatic N) is 3. The van der Waals surface area contributed by atoms with Crippen LogP contribution in [0.4, 0.5) is 17.2 Å². The van der Waals surface area contributed by atoms with Crippen LogP contribution in [0.5, 0.6) is 0 Å². The van der Waals surface area contributed by atoms with Crippen LogP contribution in [0.15, 0.2) is 36.5 Å². The number of hydrogen-bond acceptors (Lipinski definition) is 6. The number of benzene rings is 1. The van der Waals surface area contributed by atoms with Gasteiger partial charge in [-0.1, -0.05) is 12.1 Å². The summed E-state index contributed by atoms with van der Waals surface area (Å²) in [5.41, 5.74) is 22.4. The average molecular weight is 351 g/mol. The lowest BCUT2D eigenvalue weighted by atomic mass is 9.85. The highest BCUT2D eigenvalue weighted by atomic mass is 15.3. The maximum absolute atomic E-state index is 6.03. The van der Waals surface area contributed by atoms with Crippen molar-refractivity contribution in [1.29, 1.82) is 0 Å². The Kier molecular flexibility index (Phi) is 4.48. The number of imidazole rings is 1. The van der Waals surface area contributed by atoms with Crippen molar-refractivity contribution >= 4 is 22.8 Å². The lowest BCUT2D eigenvalue weighted by molar-refractivity contribution is 0.391. The molecule has 7 N–H and O–H groups in total. The van der Waals surface area contributed by atoms with Gasteiger partial charge in [-0.3, -0.25) is 0 Å². The van der Waals surface area contributed by atoms with E-state index in [1.165, 1.54) is 0 Å². The lowest BCUT2D eigenvalue weighted by Gasteiger charge is -2.24. The van der Waals surface area contributed by atoms with Crippen LogP contribution in [0.25, 0.3) is 5.65 Å². The fourth-order valence-corrected chi connectivity index (χ4v) is 3.60. The van der Waals surface area contributed by atoms with Gasteiger partial charge in [0, 0.05) is 30.3 Å². The van der Waals surface area contributed by atoms with Gasteiger partial charge in [0.15, 0.2) is 5.65 Å². The van der Waals surface area contributed by atoms with E-state index >= 15 is 0 Å². The summed E-state index contributed by atoms with van der Waals surface area (Å²) in [6.45, 7) is 0.529. The highest BCUT2D eigenvalue weighted by Gasteiger charge is 2.23. The second-order valence-electron chi connectivity index (χ2n) is 7.05. The maximum Gasteiger partial charge on any atom is 0.177 e. The Labute approximate surface area is 152 Å². The van der Waals surface area contributed by atoms with E-state index in [9.17, 15) is 0 Å². The van der Waals surface area contributed by atoms with E-state index in [0.29, 0.717) is 24.3 Å². The van der Waals surface area contributed by atoms with E-state index < -0.39 is 0 Å². The molecule has 136 valence electrons. The van der Waals surface area contributed by atoms with Crippen LogP contribution >= 0.6 is 0 Å². The molecule has 0 radical (unpaired) electrons. The van der Waals surface area contributed by atoms with Crippen molar-refractivity contribution < 1.29 is 0 Å². The number of nitrogen functional groups attached to an aromatic ring is 1. The third-order valence-corrected chi connectivity index (χ3v) is 5.12. The van der Waals surface area contributed by atoms with E-state index in [2.05, 4.69) is 10.4 Å². The van der Waals surface area contributed by atoms with Crippen LogP contribution in [0, 0.1) is 0 Å². The molecule has 2 aromatic heterocycles. The summed E-state index contributed by atoms with van der Waals surface area (Å²) in [4.78, 5) is 4.85. The van der Waals surface area contributed by atoms with E-state index in [1.54, 1.807) is 4.52 Å². The molecule has 0 saturated heterocycles. The van der Waals surface area contributed by atoms with Gasteiger partial charge in [0.1, 0.15) is 5.82 Å². The fourth-order valence-electron chi connectivity index (χ4n) is 3.60. The monoisotopic (exact) mass is 351 g/mol. The number of rotatable bonds is 4. The standard InChI is InChI=1S/C19H25N7/c20-10-12-1-7-15(8-2-12)23-16-9-18(22)25-26-11-17(24-19(16)26)13-3-5-14(21)6-4-13/h1-2,7-9,11,13-14,23H,3-6,10,20-21H2,(H2,22,25). The Bertz CT molecular complexity index is 892. The molecule has 4 rings (SSSR count). The number of nitrogens with one attached hydrogen (secondary N) is 1. The van der Waals surface area contributed by atoms with Gasteiger partial charge in [-0.05, 0) is 43.4 Å². The predicted octanol–water partition coefficient (Wildman–Crippen LogP) is 2.50. The minimum Gasteiger partial charge on any atom is -0.382 e. The molecule has 2 heterocycles. The number of hydrogen-bond donors (Lipinski definition) is 4. The van der Waals surface area contributed by atoms with Gasteiger partial charge in [-0.25, -0.2) is 9.50 Å².